The summed E-state index contributed by atoms with van der Waals surface area (Å²) in [7, 11) is 0. The highest BCUT2D eigenvalue weighted by Gasteiger charge is 2.51. The number of rotatable bonds is 0. The summed E-state index contributed by atoms with van der Waals surface area (Å²) in [5.41, 5.74) is 0.510. The summed E-state index contributed by atoms with van der Waals surface area (Å²) >= 11 is 0. The molecule has 2 heterocycles. The van der Waals surface area contributed by atoms with Gasteiger partial charge in [0.15, 0.2) is 11.5 Å². The summed E-state index contributed by atoms with van der Waals surface area (Å²) in [6.45, 7) is 8.53. The van der Waals surface area contributed by atoms with Gasteiger partial charge in [-0.15, -0.1) is 0 Å². The molecule has 2 aliphatic heterocycles. The fourth-order valence-electron chi connectivity index (χ4n) is 4.86. The number of allylic oxidation sites excluding steroid dienone is 3. The molecule has 0 fully saturated rings. The maximum Gasteiger partial charge on any atom is 0.266 e. The van der Waals surface area contributed by atoms with Gasteiger partial charge in [0, 0.05) is 23.5 Å². The maximum absolute atomic E-state index is 12.9. The van der Waals surface area contributed by atoms with E-state index in [0.29, 0.717) is 17.5 Å². The lowest BCUT2D eigenvalue weighted by Gasteiger charge is -2.44. The Hall–Kier alpha value is -2.47. The number of hydrogen-bond donors (Lipinski definition) is 3. The highest BCUT2D eigenvalue weighted by atomic mass is 16.5. The summed E-state index contributed by atoms with van der Waals surface area (Å²) in [6.07, 6.45) is 9.30. The van der Waals surface area contributed by atoms with Crippen LogP contribution in [0.3, 0.4) is 0 Å². The van der Waals surface area contributed by atoms with Crippen LogP contribution in [0.4, 0.5) is 0 Å². The van der Waals surface area contributed by atoms with Gasteiger partial charge in [-0.25, -0.2) is 0 Å². The van der Waals surface area contributed by atoms with Crippen LogP contribution in [-0.2, 0) is 11.3 Å². The van der Waals surface area contributed by atoms with Gasteiger partial charge < -0.3 is 24.8 Å². The summed E-state index contributed by atoms with van der Waals surface area (Å²) in [5.74, 6) is -2.34. The van der Waals surface area contributed by atoms with Crippen molar-refractivity contribution in [2.45, 2.75) is 71.7 Å². The first-order valence-corrected chi connectivity index (χ1v) is 10.5. The molecule has 0 amide bonds. The van der Waals surface area contributed by atoms with Gasteiger partial charge >= 0.3 is 0 Å². The second-order valence-electron chi connectivity index (χ2n) is 9.74. The third-order valence-electron chi connectivity index (χ3n) is 6.82. The lowest BCUT2D eigenvalue weighted by atomic mass is 9.74. The smallest absolute Gasteiger partial charge is 0.266 e. The molecule has 0 radical (unpaired) electrons. The molecule has 3 N–H and O–H groups in total. The summed E-state index contributed by atoms with van der Waals surface area (Å²) in [4.78, 5) is 12.9. The molecule has 1 aromatic rings. The second-order valence-corrected chi connectivity index (χ2v) is 9.74. The first kappa shape index (κ1) is 20.8. The molecule has 4 rings (SSSR count). The zero-order chi connectivity index (χ0) is 21.8. The first-order valence-electron chi connectivity index (χ1n) is 10.5. The Morgan fingerprint density at radius 1 is 1.07 bits per heavy atom. The molecule has 3 atom stereocenters. The average molecular weight is 414 g/mol. The molecular formula is C24H30O6. The molecule has 162 valence electrons. The Morgan fingerprint density at radius 3 is 2.53 bits per heavy atom. The van der Waals surface area contributed by atoms with Crippen molar-refractivity contribution < 1.29 is 24.8 Å². The molecule has 1 aromatic carbocycles. The van der Waals surface area contributed by atoms with Crippen LogP contribution in [0.1, 0.15) is 70.6 Å². The van der Waals surface area contributed by atoms with E-state index in [1.807, 2.05) is 6.92 Å². The van der Waals surface area contributed by atoms with Crippen molar-refractivity contribution in [3.05, 3.63) is 45.2 Å². The van der Waals surface area contributed by atoms with E-state index >= 15 is 0 Å². The molecule has 6 nitrogen and oxygen atoms in total. The van der Waals surface area contributed by atoms with Crippen molar-refractivity contribution in [1.29, 1.82) is 0 Å². The van der Waals surface area contributed by atoms with E-state index in [1.165, 1.54) is 5.57 Å². The topological polar surface area (TPSA) is 96.2 Å². The van der Waals surface area contributed by atoms with Crippen molar-refractivity contribution in [3.8, 4) is 23.0 Å². The van der Waals surface area contributed by atoms with Gasteiger partial charge in [0.2, 0.25) is 11.5 Å². The predicted molar refractivity (Wildman–Crippen MR) is 113 cm³/mol. The molecule has 30 heavy (non-hydrogen) atoms. The molecule has 0 spiro atoms. The first-order chi connectivity index (χ1) is 14.0. The summed E-state index contributed by atoms with van der Waals surface area (Å²) in [6, 6.07) is 0. The summed E-state index contributed by atoms with van der Waals surface area (Å²) in [5, 5.41) is 30.7. The minimum absolute atomic E-state index is 0.00699. The lowest BCUT2D eigenvalue weighted by Crippen LogP contribution is -2.47. The van der Waals surface area contributed by atoms with Crippen molar-refractivity contribution in [1.82, 2.24) is 0 Å². The molecule has 0 unspecified atom stereocenters. The van der Waals surface area contributed by atoms with Gasteiger partial charge in [-0.2, -0.15) is 0 Å². The quantitative estimate of drug-likeness (QED) is 0.537. The van der Waals surface area contributed by atoms with Gasteiger partial charge in [0.25, 0.3) is 5.43 Å². The van der Waals surface area contributed by atoms with E-state index in [9.17, 15) is 20.1 Å². The highest BCUT2D eigenvalue weighted by molar-refractivity contribution is 5.61. The zero-order valence-electron chi connectivity index (χ0n) is 18.0. The average Bonchev–Trinajstić information content (AvgIpc) is 3.10. The third-order valence-corrected chi connectivity index (χ3v) is 6.82. The van der Waals surface area contributed by atoms with Crippen LogP contribution in [0.2, 0.25) is 0 Å². The molecule has 0 saturated heterocycles. The lowest BCUT2D eigenvalue weighted by molar-refractivity contribution is -0.0885. The van der Waals surface area contributed by atoms with Gasteiger partial charge in [0.1, 0.15) is 5.60 Å². The molecular weight excluding hydrogens is 384 g/mol. The maximum atomic E-state index is 12.9. The minimum Gasteiger partial charge on any atom is -0.504 e. The third kappa shape index (κ3) is 3.27. The Morgan fingerprint density at radius 2 is 1.80 bits per heavy atom. The van der Waals surface area contributed by atoms with Gasteiger partial charge in [-0.05, 0) is 38.5 Å². The van der Waals surface area contributed by atoms with E-state index in [2.05, 4.69) is 39.0 Å². The van der Waals surface area contributed by atoms with Crippen molar-refractivity contribution >= 4 is 0 Å². The molecule has 0 aromatic heterocycles. The van der Waals surface area contributed by atoms with E-state index in [-0.39, 0.29) is 23.7 Å². The normalized spacial score (nSPS) is 32.6. The van der Waals surface area contributed by atoms with Crippen LogP contribution >= 0.6 is 0 Å². The fraction of sp³-hybridized carbons (Fsp3) is 0.542. The molecule has 1 aliphatic carbocycles. The van der Waals surface area contributed by atoms with Gasteiger partial charge in [-0.3, -0.25) is 4.79 Å². The van der Waals surface area contributed by atoms with Crippen LogP contribution < -0.4 is 10.2 Å². The van der Waals surface area contributed by atoms with Crippen molar-refractivity contribution in [2.75, 3.05) is 0 Å². The van der Waals surface area contributed by atoms with E-state index in [4.69, 9.17) is 9.47 Å². The highest BCUT2D eigenvalue weighted by Crippen LogP contribution is 2.55. The number of fused-ring (bicyclic) bond motifs is 2. The van der Waals surface area contributed by atoms with Crippen molar-refractivity contribution in [3.63, 3.8) is 0 Å². The second kappa shape index (κ2) is 7.05. The van der Waals surface area contributed by atoms with Gasteiger partial charge in [-0.1, -0.05) is 37.6 Å². The monoisotopic (exact) mass is 414 g/mol. The number of aromatic hydroxyl groups is 3. The summed E-state index contributed by atoms with van der Waals surface area (Å²) < 4.78 is 12.4. The Labute approximate surface area is 176 Å². The van der Waals surface area contributed by atoms with Crippen LogP contribution in [0.5, 0.6) is 23.0 Å². The zero-order valence-corrected chi connectivity index (χ0v) is 18.0. The molecule has 0 saturated carbocycles. The van der Waals surface area contributed by atoms with Crippen LogP contribution in [0.15, 0.2) is 28.6 Å². The largest absolute Gasteiger partial charge is 0.504 e. The predicted octanol–water partition coefficient (Wildman–Crippen LogP) is 4.60. The standard InChI is InChI=1S/C24H30O6/c1-13-6-7-15-21-16-14(12-29-21)17(25)18(26)19(27)20(28)22(16)30-24(15,4)10-5-9-23(2,3)11-8-13/h5,8-9,15,21H,6-7,10-12H2,1-4H3,(H3,25,26,27,28)/b9-5+,13-8+/t15-,21-,24+/m0/s1. The molecule has 6 heteroatoms. The van der Waals surface area contributed by atoms with E-state index in [1.54, 1.807) is 0 Å². The van der Waals surface area contributed by atoms with Crippen LogP contribution in [0, 0.1) is 11.3 Å². The Kier molecular flexibility index (Phi) is 4.88. The van der Waals surface area contributed by atoms with Crippen molar-refractivity contribution in [2.24, 2.45) is 11.3 Å². The van der Waals surface area contributed by atoms with E-state index in [0.717, 1.165) is 19.3 Å². The Balaban J connectivity index is 1.89. The Bertz CT molecular complexity index is 1010. The fourth-order valence-corrected chi connectivity index (χ4v) is 4.86. The number of ether oxygens (including phenoxy) is 2. The van der Waals surface area contributed by atoms with Crippen LogP contribution in [-0.4, -0.2) is 20.9 Å². The van der Waals surface area contributed by atoms with Crippen LogP contribution in [0.25, 0.3) is 0 Å². The SMILES string of the molecule is C/C1=C\CC(C)(C)/C=C/C[C@@]2(C)Oc3c4c(c(O)c(O)c(O)c3=O)CO[C@H]4[C@@H]2CC1. The number of hydrogen-bond acceptors (Lipinski definition) is 6. The van der Waals surface area contributed by atoms with Gasteiger partial charge in [0.05, 0.1) is 12.7 Å². The molecule has 3 aliphatic rings. The molecule has 0 bridgehead atoms. The minimum atomic E-state index is -0.898. The van der Waals surface area contributed by atoms with E-state index < -0.39 is 34.4 Å².